The Balaban J connectivity index is 1.13. The molecule has 7 heteroatoms. The number of carbonyl (C=O) groups excluding carboxylic acids is 2. The third-order valence-corrected chi connectivity index (χ3v) is 6.89. The Kier molecular flexibility index (Phi) is 5.06. The number of benzene rings is 1. The lowest BCUT2D eigenvalue weighted by atomic mass is 10.0. The number of nitrogens with one attached hydrogen (secondary N) is 1. The largest absolute Gasteiger partial charge is 0.339 e. The highest BCUT2D eigenvalue weighted by molar-refractivity contribution is 5.97. The molecule has 1 N–H and O–H groups in total. The van der Waals surface area contributed by atoms with Crippen molar-refractivity contribution in [3.8, 4) is 0 Å². The van der Waals surface area contributed by atoms with Crippen molar-refractivity contribution in [2.75, 3.05) is 25.0 Å². The molecule has 1 aliphatic carbocycles. The summed E-state index contributed by atoms with van der Waals surface area (Å²) in [7, 11) is 0. The van der Waals surface area contributed by atoms with E-state index in [0.717, 1.165) is 63.5 Å². The molecule has 2 aromatic rings. The van der Waals surface area contributed by atoms with Gasteiger partial charge in [-0.1, -0.05) is 6.92 Å². The molecular formula is C23H29N5O2. The average Bonchev–Trinajstić information content (AvgIpc) is 3.33. The fourth-order valence-electron chi connectivity index (χ4n) is 4.74. The van der Waals surface area contributed by atoms with Crippen LogP contribution in [0.4, 0.5) is 5.69 Å². The molecule has 158 valence electrons. The SMILES string of the molecule is C[C@H]1C[C@H]1C(=O)Nc1ccc(C(=O)N2CCC(N3CCn4ccnc4C3)CC2)cc1. The zero-order valence-corrected chi connectivity index (χ0v) is 17.5. The van der Waals surface area contributed by atoms with Crippen LogP contribution in [0.15, 0.2) is 36.7 Å². The Morgan fingerprint density at radius 3 is 2.50 bits per heavy atom. The molecule has 1 aromatic heterocycles. The minimum Gasteiger partial charge on any atom is -0.339 e. The number of hydrogen-bond acceptors (Lipinski definition) is 4. The molecule has 0 bridgehead atoms. The zero-order valence-electron chi connectivity index (χ0n) is 17.5. The van der Waals surface area contributed by atoms with E-state index >= 15 is 0 Å². The quantitative estimate of drug-likeness (QED) is 0.846. The molecule has 2 fully saturated rings. The van der Waals surface area contributed by atoms with Crippen LogP contribution in [-0.2, 0) is 17.9 Å². The van der Waals surface area contributed by atoms with Crippen LogP contribution >= 0.6 is 0 Å². The number of rotatable bonds is 4. The number of aromatic nitrogens is 2. The molecule has 3 aliphatic rings. The molecule has 0 spiro atoms. The highest BCUT2D eigenvalue weighted by Crippen LogP contribution is 2.38. The molecule has 2 atom stereocenters. The van der Waals surface area contributed by atoms with Crippen molar-refractivity contribution < 1.29 is 9.59 Å². The van der Waals surface area contributed by atoms with E-state index in [4.69, 9.17) is 0 Å². The predicted molar refractivity (Wildman–Crippen MR) is 114 cm³/mol. The fraction of sp³-hybridized carbons (Fsp3) is 0.522. The Bertz CT molecular complexity index is 929. The molecule has 1 saturated carbocycles. The van der Waals surface area contributed by atoms with E-state index in [-0.39, 0.29) is 17.7 Å². The number of imidazole rings is 1. The smallest absolute Gasteiger partial charge is 0.253 e. The number of hydrogen-bond donors (Lipinski definition) is 1. The summed E-state index contributed by atoms with van der Waals surface area (Å²) in [5, 5.41) is 2.95. The van der Waals surface area contributed by atoms with E-state index in [1.807, 2.05) is 35.4 Å². The zero-order chi connectivity index (χ0) is 20.7. The van der Waals surface area contributed by atoms with Gasteiger partial charge >= 0.3 is 0 Å². The Morgan fingerprint density at radius 1 is 1.07 bits per heavy atom. The average molecular weight is 408 g/mol. The highest BCUT2D eigenvalue weighted by Gasteiger charge is 2.39. The van der Waals surface area contributed by atoms with Gasteiger partial charge < -0.3 is 14.8 Å². The number of likely N-dealkylation sites (tertiary alicyclic amines) is 1. The van der Waals surface area contributed by atoms with Gasteiger partial charge in [-0.15, -0.1) is 0 Å². The van der Waals surface area contributed by atoms with E-state index in [2.05, 4.69) is 32.9 Å². The van der Waals surface area contributed by atoms with Crippen molar-refractivity contribution in [1.82, 2.24) is 19.4 Å². The molecule has 3 heterocycles. The lowest BCUT2D eigenvalue weighted by Crippen LogP contribution is -2.48. The molecule has 1 saturated heterocycles. The van der Waals surface area contributed by atoms with Gasteiger partial charge in [0, 0.05) is 61.8 Å². The van der Waals surface area contributed by atoms with Crippen LogP contribution in [-0.4, -0.2) is 56.8 Å². The minimum atomic E-state index is 0.0799. The number of carbonyl (C=O) groups is 2. The van der Waals surface area contributed by atoms with Crippen LogP contribution in [0.2, 0.25) is 0 Å². The lowest BCUT2D eigenvalue weighted by Gasteiger charge is -2.40. The van der Waals surface area contributed by atoms with Crippen LogP contribution in [0, 0.1) is 11.8 Å². The number of nitrogens with zero attached hydrogens (tertiary/aromatic N) is 4. The first-order valence-electron chi connectivity index (χ1n) is 11.0. The number of amides is 2. The first-order chi connectivity index (χ1) is 14.6. The molecule has 0 unspecified atom stereocenters. The summed E-state index contributed by atoms with van der Waals surface area (Å²) in [6.45, 7) is 6.61. The van der Waals surface area contributed by atoms with Gasteiger partial charge in [0.1, 0.15) is 5.82 Å². The second-order valence-corrected chi connectivity index (χ2v) is 8.92. The minimum absolute atomic E-state index is 0.0799. The summed E-state index contributed by atoms with van der Waals surface area (Å²) < 4.78 is 2.23. The number of fused-ring (bicyclic) bond motifs is 1. The summed E-state index contributed by atoms with van der Waals surface area (Å²) >= 11 is 0. The van der Waals surface area contributed by atoms with E-state index < -0.39 is 0 Å². The summed E-state index contributed by atoms with van der Waals surface area (Å²) in [5.41, 5.74) is 1.45. The monoisotopic (exact) mass is 407 g/mol. The van der Waals surface area contributed by atoms with E-state index in [0.29, 0.717) is 17.5 Å². The van der Waals surface area contributed by atoms with Crippen LogP contribution in [0.3, 0.4) is 0 Å². The number of piperidine rings is 1. The standard InChI is InChI=1S/C23H29N5O2/c1-16-14-20(16)22(29)25-18-4-2-17(3-5-18)23(30)27-9-6-19(7-10-27)28-13-12-26-11-8-24-21(26)15-28/h2-5,8,11,16,19-20H,6-7,9-10,12-15H2,1H3,(H,25,29)/t16-,20+/m0/s1. The van der Waals surface area contributed by atoms with Crippen molar-refractivity contribution in [2.24, 2.45) is 11.8 Å². The summed E-state index contributed by atoms with van der Waals surface area (Å²) in [6.07, 6.45) is 6.90. The van der Waals surface area contributed by atoms with Crippen molar-refractivity contribution in [2.45, 2.75) is 45.3 Å². The first kappa shape index (κ1) is 19.3. The van der Waals surface area contributed by atoms with Crippen molar-refractivity contribution in [1.29, 1.82) is 0 Å². The van der Waals surface area contributed by atoms with Crippen LogP contribution in [0.5, 0.6) is 0 Å². The van der Waals surface area contributed by atoms with Crippen molar-refractivity contribution in [3.05, 3.63) is 48.0 Å². The number of anilines is 1. The molecule has 30 heavy (non-hydrogen) atoms. The fourth-order valence-corrected chi connectivity index (χ4v) is 4.74. The van der Waals surface area contributed by atoms with E-state index in [1.54, 1.807) is 0 Å². The van der Waals surface area contributed by atoms with E-state index in [9.17, 15) is 9.59 Å². The van der Waals surface area contributed by atoms with Crippen molar-refractivity contribution >= 4 is 17.5 Å². The Hall–Kier alpha value is -2.67. The highest BCUT2D eigenvalue weighted by atomic mass is 16.2. The molecule has 2 amide bonds. The molecule has 0 radical (unpaired) electrons. The third kappa shape index (κ3) is 3.86. The van der Waals surface area contributed by atoms with Crippen molar-refractivity contribution in [3.63, 3.8) is 0 Å². The third-order valence-electron chi connectivity index (χ3n) is 6.89. The van der Waals surface area contributed by atoms with Crippen LogP contribution in [0.25, 0.3) is 0 Å². The maximum Gasteiger partial charge on any atom is 0.253 e. The molecule has 1 aromatic carbocycles. The topological polar surface area (TPSA) is 70.5 Å². The lowest BCUT2D eigenvalue weighted by molar-refractivity contribution is -0.117. The van der Waals surface area contributed by atoms with Gasteiger partial charge in [-0.3, -0.25) is 14.5 Å². The second-order valence-electron chi connectivity index (χ2n) is 8.92. The summed E-state index contributed by atoms with van der Waals surface area (Å²) in [6, 6.07) is 7.83. The van der Waals surface area contributed by atoms with Gasteiger partial charge in [-0.05, 0) is 49.4 Å². The van der Waals surface area contributed by atoms with Gasteiger partial charge in [0.15, 0.2) is 0 Å². The first-order valence-corrected chi connectivity index (χ1v) is 11.0. The van der Waals surface area contributed by atoms with Gasteiger partial charge in [0.25, 0.3) is 5.91 Å². The maximum atomic E-state index is 12.9. The van der Waals surface area contributed by atoms with Gasteiger partial charge in [0.05, 0.1) is 6.54 Å². The Morgan fingerprint density at radius 2 is 1.80 bits per heavy atom. The van der Waals surface area contributed by atoms with Crippen LogP contribution in [0.1, 0.15) is 42.4 Å². The molecular weight excluding hydrogens is 378 g/mol. The second kappa shape index (κ2) is 7.87. The van der Waals surface area contributed by atoms with Gasteiger partial charge in [-0.25, -0.2) is 4.98 Å². The normalized spacial score (nSPS) is 24.4. The molecule has 7 nitrogen and oxygen atoms in total. The van der Waals surface area contributed by atoms with E-state index in [1.165, 1.54) is 0 Å². The molecule has 2 aliphatic heterocycles. The van der Waals surface area contributed by atoms with Crippen LogP contribution < -0.4 is 5.32 Å². The maximum absolute atomic E-state index is 12.9. The predicted octanol–water partition coefficient (Wildman–Crippen LogP) is 2.60. The summed E-state index contributed by atoms with van der Waals surface area (Å²) in [4.78, 5) is 33.9. The molecule has 5 rings (SSSR count). The van der Waals surface area contributed by atoms with Gasteiger partial charge in [-0.2, -0.15) is 0 Å². The Labute approximate surface area is 177 Å². The summed E-state index contributed by atoms with van der Waals surface area (Å²) in [5.74, 6) is 1.94. The van der Waals surface area contributed by atoms with Gasteiger partial charge in [0.2, 0.25) is 5.91 Å².